The summed E-state index contributed by atoms with van der Waals surface area (Å²) in [6, 6.07) is 3.46. The van der Waals surface area contributed by atoms with Gasteiger partial charge in [-0.05, 0) is 43.6 Å². The Morgan fingerprint density at radius 3 is 3.10 bits per heavy atom. The maximum Gasteiger partial charge on any atom is 0.150 e. The first-order valence-corrected chi connectivity index (χ1v) is 8.48. The van der Waals surface area contributed by atoms with E-state index in [0.29, 0.717) is 6.04 Å². The SMILES string of the molecule is c1nc(N2CCCCC2CNC2CC2)c2sccc2n1. The number of aromatic nitrogens is 2. The minimum absolute atomic E-state index is 0.588. The lowest BCUT2D eigenvalue weighted by Crippen LogP contribution is -2.46. The van der Waals surface area contributed by atoms with Gasteiger partial charge >= 0.3 is 0 Å². The molecule has 1 saturated heterocycles. The van der Waals surface area contributed by atoms with Gasteiger partial charge in [-0.3, -0.25) is 0 Å². The van der Waals surface area contributed by atoms with Gasteiger partial charge in [-0.2, -0.15) is 0 Å². The van der Waals surface area contributed by atoms with Crippen LogP contribution in [-0.4, -0.2) is 35.1 Å². The molecular formula is C15H20N4S. The molecule has 0 amide bonds. The highest BCUT2D eigenvalue weighted by atomic mass is 32.1. The fourth-order valence-electron chi connectivity index (χ4n) is 3.06. The van der Waals surface area contributed by atoms with Crippen molar-refractivity contribution in [1.82, 2.24) is 15.3 Å². The lowest BCUT2D eigenvalue weighted by atomic mass is 10.0. The molecule has 0 aromatic carbocycles. The number of hydrogen-bond donors (Lipinski definition) is 1. The largest absolute Gasteiger partial charge is 0.351 e. The number of piperidine rings is 1. The Hall–Kier alpha value is -1.20. The maximum atomic E-state index is 4.59. The summed E-state index contributed by atoms with van der Waals surface area (Å²) in [6.45, 7) is 2.22. The Kier molecular flexibility index (Phi) is 3.32. The summed E-state index contributed by atoms with van der Waals surface area (Å²) < 4.78 is 1.24. The molecule has 2 aliphatic rings. The van der Waals surface area contributed by atoms with Crippen LogP contribution in [0.4, 0.5) is 5.82 Å². The first-order chi connectivity index (χ1) is 9.92. The van der Waals surface area contributed by atoms with E-state index in [-0.39, 0.29) is 0 Å². The van der Waals surface area contributed by atoms with Crippen LogP contribution < -0.4 is 10.2 Å². The number of hydrogen-bond acceptors (Lipinski definition) is 5. The van der Waals surface area contributed by atoms with Crippen molar-refractivity contribution in [2.45, 2.75) is 44.2 Å². The predicted molar refractivity (Wildman–Crippen MR) is 83.4 cm³/mol. The van der Waals surface area contributed by atoms with Crippen molar-refractivity contribution in [3.63, 3.8) is 0 Å². The third-order valence-corrected chi connectivity index (χ3v) is 5.24. The van der Waals surface area contributed by atoms with E-state index in [1.807, 2.05) is 0 Å². The highest BCUT2D eigenvalue weighted by Crippen LogP contribution is 2.32. The molecule has 0 bridgehead atoms. The van der Waals surface area contributed by atoms with Crippen LogP contribution in [0.3, 0.4) is 0 Å². The molecule has 0 spiro atoms. The molecule has 1 N–H and O–H groups in total. The molecule has 1 aliphatic carbocycles. The van der Waals surface area contributed by atoms with Crippen molar-refractivity contribution < 1.29 is 0 Å². The van der Waals surface area contributed by atoms with E-state index in [1.54, 1.807) is 17.7 Å². The van der Waals surface area contributed by atoms with Crippen LogP contribution in [0.1, 0.15) is 32.1 Å². The summed E-state index contributed by atoms with van der Waals surface area (Å²) in [7, 11) is 0. The van der Waals surface area contributed by atoms with Crippen LogP contribution in [0.15, 0.2) is 17.8 Å². The zero-order chi connectivity index (χ0) is 13.4. The van der Waals surface area contributed by atoms with Gasteiger partial charge in [0, 0.05) is 25.2 Å². The van der Waals surface area contributed by atoms with E-state index in [2.05, 4.69) is 31.6 Å². The van der Waals surface area contributed by atoms with E-state index in [0.717, 1.165) is 30.5 Å². The van der Waals surface area contributed by atoms with Crippen molar-refractivity contribution in [3.05, 3.63) is 17.8 Å². The third-order valence-electron chi connectivity index (χ3n) is 4.34. The van der Waals surface area contributed by atoms with Crippen LogP contribution in [0.2, 0.25) is 0 Å². The van der Waals surface area contributed by atoms with Gasteiger partial charge < -0.3 is 10.2 Å². The Morgan fingerprint density at radius 2 is 2.20 bits per heavy atom. The number of rotatable bonds is 4. The highest BCUT2D eigenvalue weighted by molar-refractivity contribution is 7.17. The van der Waals surface area contributed by atoms with Crippen LogP contribution in [0, 0.1) is 0 Å². The van der Waals surface area contributed by atoms with Gasteiger partial charge in [-0.1, -0.05) is 0 Å². The summed E-state index contributed by atoms with van der Waals surface area (Å²) in [6.07, 6.45) is 8.31. The van der Waals surface area contributed by atoms with Crippen molar-refractivity contribution in [1.29, 1.82) is 0 Å². The quantitative estimate of drug-likeness (QED) is 0.939. The fraction of sp³-hybridized carbons (Fsp3) is 0.600. The minimum Gasteiger partial charge on any atom is -0.351 e. The van der Waals surface area contributed by atoms with E-state index in [1.165, 1.54) is 36.8 Å². The first-order valence-electron chi connectivity index (χ1n) is 7.60. The van der Waals surface area contributed by atoms with Crippen molar-refractivity contribution >= 4 is 27.4 Å². The lowest BCUT2D eigenvalue weighted by Gasteiger charge is -2.37. The second-order valence-corrected chi connectivity index (χ2v) is 6.77. The van der Waals surface area contributed by atoms with E-state index in [9.17, 15) is 0 Å². The van der Waals surface area contributed by atoms with Crippen molar-refractivity contribution in [2.24, 2.45) is 0 Å². The molecule has 0 radical (unpaired) electrons. The normalized spacial score (nSPS) is 23.4. The van der Waals surface area contributed by atoms with E-state index < -0.39 is 0 Å². The molecule has 3 heterocycles. The third kappa shape index (κ3) is 2.40. The zero-order valence-electron chi connectivity index (χ0n) is 11.6. The lowest BCUT2D eigenvalue weighted by molar-refractivity contribution is 0.432. The molecule has 1 unspecified atom stereocenters. The summed E-state index contributed by atoms with van der Waals surface area (Å²) in [4.78, 5) is 11.5. The molecule has 2 aromatic rings. The van der Waals surface area contributed by atoms with Crippen molar-refractivity contribution in [3.8, 4) is 0 Å². The topological polar surface area (TPSA) is 41.1 Å². The van der Waals surface area contributed by atoms with Crippen LogP contribution in [-0.2, 0) is 0 Å². The molecule has 20 heavy (non-hydrogen) atoms. The average Bonchev–Trinajstić information content (AvgIpc) is 3.20. The Bertz CT molecular complexity index is 592. The molecule has 4 nitrogen and oxygen atoms in total. The molecule has 5 heteroatoms. The van der Waals surface area contributed by atoms with Gasteiger partial charge in [0.05, 0.1) is 10.2 Å². The standard InChI is InChI=1S/C15H20N4S/c1-2-7-19(12(3-1)9-16-11-4-5-11)15-14-13(6-8-20-14)17-10-18-15/h6,8,10-12,16H,1-5,7,9H2. The fourth-order valence-corrected chi connectivity index (χ4v) is 3.91. The zero-order valence-corrected chi connectivity index (χ0v) is 12.4. The van der Waals surface area contributed by atoms with Crippen molar-refractivity contribution in [2.75, 3.05) is 18.0 Å². The molecular weight excluding hydrogens is 268 g/mol. The van der Waals surface area contributed by atoms with E-state index >= 15 is 0 Å². The molecule has 1 aliphatic heterocycles. The first kappa shape index (κ1) is 12.5. The average molecular weight is 288 g/mol. The molecule has 1 saturated carbocycles. The molecule has 2 fully saturated rings. The second kappa shape index (κ2) is 5.30. The Labute approximate surface area is 123 Å². The van der Waals surface area contributed by atoms with Crippen LogP contribution in [0.5, 0.6) is 0 Å². The smallest absolute Gasteiger partial charge is 0.150 e. The van der Waals surface area contributed by atoms with Gasteiger partial charge in [-0.15, -0.1) is 11.3 Å². The number of nitrogens with zero attached hydrogens (tertiary/aromatic N) is 3. The molecule has 1 atom stereocenters. The van der Waals surface area contributed by atoms with Gasteiger partial charge in [0.15, 0.2) is 0 Å². The van der Waals surface area contributed by atoms with Gasteiger partial charge in [0.1, 0.15) is 12.1 Å². The summed E-state index contributed by atoms with van der Waals surface area (Å²) in [5, 5.41) is 5.80. The summed E-state index contributed by atoms with van der Waals surface area (Å²) in [5.41, 5.74) is 1.08. The summed E-state index contributed by atoms with van der Waals surface area (Å²) >= 11 is 1.76. The molecule has 2 aromatic heterocycles. The number of fused-ring (bicyclic) bond motifs is 1. The monoisotopic (exact) mass is 288 g/mol. The van der Waals surface area contributed by atoms with Crippen LogP contribution >= 0.6 is 11.3 Å². The van der Waals surface area contributed by atoms with Crippen LogP contribution in [0.25, 0.3) is 10.2 Å². The van der Waals surface area contributed by atoms with Gasteiger partial charge in [0.2, 0.25) is 0 Å². The number of anilines is 1. The van der Waals surface area contributed by atoms with Gasteiger partial charge in [-0.25, -0.2) is 9.97 Å². The Balaban J connectivity index is 1.61. The highest BCUT2D eigenvalue weighted by Gasteiger charge is 2.28. The van der Waals surface area contributed by atoms with Gasteiger partial charge in [0.25, 0.3) is 0 Å². The maximum absolute atomic E-state index is 4.59. The molecule has 4 rings (SSSR count). The minimum atomic E-state index is 0.588. The second-order valence-electron chi connectivity index (χ2n) is 5.86. The predicted octanol–water partition coefficient (Wildman–Crippen LogP) is 2.80. The summed E-state index contributed by atoms with van der Waals surface area (Å²) in [5.74, 6) is 1.15. The van der Waals surface area contributed by atoms with E-state index in [4.69, 9.17) is 0 Å². The molecule has 106 valence electrons. The number of nitrogens with one attached hydrogen (secondary N) is 1. The number of thiophene rings is 1. The Morgan fingerprint density at radius 1 is 1.25 bits per heavy atom.